The number of aliphatic carboxylic acids is 1. The fourth-order valence-corrected chi connectivity index (χ4v) is 2.95. The van der Waals surface area contributed by atoms with Gasteiger partial charge in [-0.3, -0.25) is 14.4 Å². The summed E-state index contributed by atoms with van der Waals surface area (Å²) in [6.07, 6.45) is -5.97. The van der Waals surface area contributed by atoms with Crippen LogP contribution < -0.4 is 22.1 Å². The molecule has 0 bridgehead atoms. The Labute approximate surface area is 185 Å². The zero-order chi connectivity index (χ0) is 24.3. The summed E-state index contributed by atoms with van der Waals surface area (Å²) in [5, 5.41) is 53.8. The Hall–Kier alpha value is -2.61. The van der Waals surface area contributed by atoms with Crippen LogP contribution in [-0.4, -0.2) is 86.9 Å². The molecule has 0 unspecified atom stereocenters. The molecule has 12 nitrogen and oxygen atoms in total. The van der Waals surface area contributed by atoms with Gasteiger partial charge in [0.15, 0.2) is 6.10 Å². The monoisotopic (exact) mass is 456 g/mol. The fourth-order valence-electron chi connectivity index (χ4n) is 2.95. The number of carboxylic acid groups (broad SMARTS) is 1. The fraction of sp³-hybridized carbons (Fsp3) is 0.550. The van der Waals surface area contributed by atoms with Crippen molar-refractivity contribution in [2.75, 3.05) is 13.2 Å². The minimum atomic E-state index is -2.18. The highest BCUT2D eigenvalue weighted by Gasteiger charge is 2.37. The van der Waals surface area contributed by atoms with Crippen LogP contribution in [0.4, 0.5) is 0 Å². The molecule has 1 aromatic carbocycles. The van der Waals surface area contributed by atoms with Crippen LogP contribution >= 0.6 is 0 Å². The lowest BCUT2D eigenvalue weighted by molar-refractivity contribution is -0.145. The lowest BCUT2D eigenvalue weighted by Crippen LogP contribution is -2.58. The third-order valence-corrected chi connectivity index (χ3v) is 4.83. The summed E-state index contributed by atoms with van der Waals surface area (Å²) in [4.78, 5) is 35.6. The predicted octanol–water partition coefficient (Wildman–Crippen LogP) is -3.06. The lowest BCUT2D eigenvalue weighted by atomic mass is 9.98. The molecule has 0 aromatic heterocycles. The van der Waals surface area contributed by atoms with Gasteiger partial charge in [0.25, 0.3) is 5.91 Å². The van der Waals surface area contributed by atoms with Gasteiger partial charge in [-0.2, -0.15) is 0 Å². The summed E-state index contributed by atoms with van der Waals surface area (Å²) in [5.41, 5.74) is 11.5. The number of carboxylic acids is 1. The first-order chi connectivity index (χ1) is 15.1. The summed E-state index contributed by atoms with van der Waals surface area (Å²) in [6.45, 7) is -0.494. The molecule has 0 aliphatic heterocycles. The maximum absolute atomic E-state index is 12.4. The van der Waals surface area contributed by atoms with Crippen molar-refractivity contribution in [3.8, 4) is 0 Å². The van der Waals surface area contributed by atoms with Gasteiger partial charge in [0, 0.05) is 0 Å². The summed E-state index contributed by atoms with van der Waals surface area (Å²) >= 11 is 0. The highest BCUT2D eigenvalue weighted by atomic mass is 16.4. The Morgan fingerprint density at radius 1 is 0.969 bits per heavy atom. The van der Waals surface area contributed by atoms with Crippen molar-refractivity contribution in [1.82, 2.24) is 10.6 Å². The zero-order valence-corrected chi connectivity index (χ0v) is 17.5. The van der Waals surface area contributed by atoms with E-state index < -0.39 is 67.2 Å². The Balaban J connectivity index is 2.81. The number of hydrogen-bond acceptors (Lipinski definition) is 9. The lowest BCUT2D eigenvalue weighted by Gasteiger charge is -2.30. The number of hydrogen-bond donors (Lipinski definition) is 9. The van der Waals surface area contributed by atoms with Crippen LogP contribution in [0.5, 0.6) is 0 Å². The number of nitrogens with one attached hydrogen (secondary N) is 2. The number of aliphatic hydroxyl groups excluding tert-OH is 4. The van der Waals surface area contributed by atoms with Crippen LogP contribution in [0.15, 0.2) is 30.3 Å². The number of nitrogens with two attached hydrogens (primary N) is 2. The van der Waals surface area contributed by atoms with E-state index in [2.05, 4.69) is 10.6 Å². The summed E-state index contributed by atoms with van der Waals surface area (Å²) < 4.78 is 0. The number of carbonyl (C=O) groups is 3. The molecule has 11 N–H and O–H groups in total. The van der Waals surface area contributed by atoms with Crippen molar-refractivity contribution >= 4 is 17.8 Å². The van der Waals surface area contributed by atoms with E-state index in [1.165, 1.54) is 0 Å². The van der Waals surface area contributed by atoms with Crippen LogP contribution in [0.25, 0.3) is 0 Å². The molecule has 0 aliphatic rings. The van der Waals surface area contributed by atoms with E-state index in [4.69, 9.17) is 16.6 Å². The van der Waals surface area contributed by atoms with Gasteiger partial charge in [0.2, 0.25) is 5.91 Å². The quantitative estimate of drug-likeness (QED) is 0.137. The number of amides is 2. The maximum Gasteiger partial charge on any atom is 0.305 e. The van der Waals surface area contributed by atoms with E-state index in [0.717, 1.165) is 0 Å². The van der Waals surface area contributed by atoms with E-state index in [1.54, 1.807) is 30.3 Å². The second-order valence-electron chi connectivity index (χ2n) is 7.33. The first-order valence-electron chi connectivity index (χ1n) is 10.1. The third-order valence-electron chi connectivity index (χ3n) is 4.83. The number of benzene rings is 1. The van der Waals surface area contributed by atoms with E-state index >= 15 is 0 Å². The van der Waals surface area contributed by atoms with Gasteiger partial charge < -0.3 is 47.6 Å². The average molecular weight is 456 g/mol. The molecule has 0 spiro atoms. The van der Waals surface area contributed by atoms with Gasteiger partial charge in [0.05, 0.1) is 31.2 Å². The van der Waals surface area contributed by atoms with Gasteiger partial charge in [-0.15, -0.1) is 0 Å². The largest absolute Gasteiger partial charge is 0.481 e. The molecule has 1 aromatic rings. The van der Waals surface area contributed by atoms with Crippen LogP contribution in [0.2, 0.25) is 0 Å². The van der Waals surface area contributed by atoms with Crippen LogP contribution in [-0.2, 0) is 14.4 Å². The normalized spacial score (nSPS) is 16.8. The molecule has 0 heterocycles. The standard InChI is InChI=1S/C20H32N4O8/c21-8-4-7-12(22)19(31)24-14(10-25)16(28)17(29)18(30)20(32)23-13(9-15(26)27)11-5-2-1-3-6-11/h1-3,5-6,12-14,16-18,25,28-30H,4,7-10,21-22H2,(H,23,32)(H,24,31)(H,26,27)/t12-,13-,14-,16+,17+,18-/m0/s1. The number of aliphatic hydroxyl groups is 4. The van der Waals surface area contributed by atoms with Crippen molar-refractivity contribution in [2.24, 2.45) is 11.5 Å². The SMILES string of the molecule is NCCC[C@H](N)C(=O)N[C@@H](CO)[C@@H](O)[C@@H](O)[C@H](O)C(=O)N[C@@H](CC(=O)O)c1ccccc1. The van der Waals surface area contributed by atoms with Gasteiger partial charge in [-0.05, 0) is 24.9 Å². The molecule has 2 amide bonds. The van der Waals surface area contributed by atoms with Crippen molar-refractivity contribution < 1.29 is 39.9 Å². The van der Waals surface area contributed by atoms with Gasteiger partial charge in [-0.25, -0.2) is 0 Å². The zero-order valence-electron chi connectivity index (χ0n) is 17.5. The van der Waals surface area contributed by atoms with E-state index in [1.807, 2.05) is 0 Å². The molecule has 0 saturated carbocycles. The Morgan fingerprint density at radius 3 is 2.12 bits per heavy atom. The summed E-state index contributed by atoms with van der Waals surface area (Å²) in [5.74, 6) is -3.06. The summed E-state index contributed by atoms with van der Waals surface area (Å²) in [6, 6.07) is 4.74. The highest BCUT2D eigenvalue weighted by molar-refractivity contribution is 5.83. The number of rotatable bonds is 14. The molecule has 1 rings (SSSR count). The van der Waals surface area contributed by atoms with E-state index in [0.29, 0.717) is 18.5 Å². The Bertz CT molecular complexity index is 736. The molecule has 180 valence electrons. The van der Waals surface area contributed by atoms with Gasteiger partial charge >= 0.3 is 5.97 Å². The third kappa shape index (κ3) is 8.49. The van der Waals surface area contributed by atoms with Crippen molar-refractivity contribution in [3.63, 3.8) is 0 Å². The smallest absolute Gasteiger partial charge is 0.305 e. The first kappa shape index (κ1) is 27.4. The molecular weight excluding hydrogens is 424 g/mol. The number of carbonyl (C=O) groups excluding carboxylic acids is 2. The van der Waals surface area contributed by atoms with Gasteiger partial charge in [-0.1, -0.05) is 30.3 Å². The summed E-state index contributed by atoms with van der Waals surface area (Å²) in [7, 11) is 0. The molecular formula is C20H32N4O8. The van der Waals surface area contributed by atoms with Crippen molar-refractivity contribution in [2.45, 2.75) is 55.7 Å². The van der Waals surface area contributed by atoms with E-state index in [-0.39, 0.29) is 6.42 Å². The topological polar surface area (TPSA) is 228 Å². The molecule has 0 radical (unpaired) electrons. The molecule has 0 saturated heterocycles. The first-order valence-corrected chi connectivity index (χ1v) is 10.1. The van der Waals surface area contributed by atoms with Crippen molar-refractivity contribution in [1.29, 1.82) is 0 Å². The second-order valence-corrected chi connectivity index (χ2v) is 7.33. The van der Waals surface area contributed by atoms with Crippen molar-refractivity contribution in [3.05, 3.63) is 35.9 Å². The second kappa shape index (κ2) is 13.7. The minimum absolute atomic E-state index is 0.259. The molecule has 6 atom stereocenters. The molecule has 0 aliphatic carbocycles. The molecule has 0 fully saturated rings. The van der Waals surface area contributed by atoms with E-state index in [9.17, 15) is 34.8 Å². The van der Waals surface area contributed by atoms with Crippen LogP contribution in [0.3, 0.4) is 0 Å². The Kier molecular flexibility index (Phi) is 11.8. The highest BCUT2D eigenvalue weighted by Crippen LogP contribution is 2.17. The van der Waals surface area contributed by atoms with Crippen LogP contribution in [0.1, 0.15) is 30.9 Å². The predicted molar refractivity (Wildman–Crippen MR) is 113 cm³/mol. The van der Waals surface area contributed by atoms with Gasteiger partial charge in [0.1, 0.15) is 12.2 Å². The molecule has 32 heavy (non-hydrogen) atoms. The van der Waals surface area contributed by atoms with Crippen LogP contribution in [0, 0.1) is 0 Å². The molecule has 12 heteroatoms. The Morgan fingerprint density at radius 2 is 1.59 bits per heavy atom. The maximum atomic E-state index is 12.4. The average Bonchev–Trinajstić information content (AvgIpc) is 2.78. The minimum Gasteiger partial charge on any atom is -0.481 e.